The van der Waals surface area contributed by atoms with Gasteiger partial charge in [0, 0.05) is 18.2 Å². The SMILES string of the molecule is O=[N+]([O-])c1cccc([N+](=O)[O-])c1Cl.O=c1sc2cccc([N+](=O)[O-])c2s1. The van der Waals surface area contributed by atoms with Crippen molar-refractivity contribution >= 4 is 60.7 Å². The lowest BCUT2D eigenvalue weighted by Gasteiger charge is -1.95. The molecule has 3 aromatic rings. The first-order valence-electron chi connectivity index (χ1n) is 6.46. The Bertz CT molecular complexity index is 1050. The molecule has 0 atom stereocenters. The molecule has 26 heavy (non-hydrogen) atoms. The Hall–Kier alpha value is -2.96. The summed E-state index contributed by atoms with van der Waals surface area (Å²) in [7, 11) is 0. The van der Waals surface area contributed by atoms with Crippen LogP contribution in [0.25, 0.3) is 9.40 Å². The number of hydrogen-bond acceptors (Lipinski definition) is 9. The average molecular weight is 416 g/mol. The summed E-state index contributed by atoms with van der Waals surface area (Å²) in [5.74, 6) is 0. The molecule has 0 N–H and O–H groups in total. The Morgan fingerprint density at radius 3 is 1.73 bits per heavy atom. The lowest BCUT2D eigenvalue weighted by Crippen LogP contribution is -1.93. The van der Waals surface area contributed by atoms with Gasteiger partial charge in [0.1, 0.15) is 4.70 Å². The predicted octanol–water partition coefficient (Wildman–Crippen LogP) is 4.39. The minimum atomic E-state index is -0.769. The molecule has 1 aromatic heterocycles. The summed E-state index contributed by atoms with van der Waals surface area (Å²) in [5.41, 5.74) is -0.910. The largest absolute Gasteiger partial charge is 0.294 e. The van der Waals surface area contributed by atoms with Crippen molar-refractivity contribution in [2.75, 3.05) is 0 Å². The molecule has 1 heterocycles. The Morgan fingerprint density at radius 1 is 0.769 bits per heavy atom. The maximum absolute atomic E-state index is 11.0. The van der Waals surface area contributed by atoms with E-state index in [0.717, 1.165) is 34.8 Å². The smallest absolute Gasteiger partial charge is 0.265 e. The molecule has 0 unspecified atom stereocenters. The molecule has 0 aliphatic carbocycles. The van der Waals surface area contributed by atoms with E-state index in [1.807, 2.05) is 0 Å². The quantitative estimate of drug-likeness (QED) is 0.455. The molecule has 0 aliphatic heterocycles. The summed E-state index contributed by atoms with van der Waals surface area (Å²) in [4.78, 5) is 40.1. The molecule has 2 aromatic carbocycles. The van der Waals surface area contributed by atoms with Crippen molar-refractivity contribution in [3.63, 3.8) is 0 Å². The van der Waals surface area contributed by atoms with Crippen molar-refractivity contribution < 1.29 is 14.8 Å². The molecule has 0 bridgehead atoms. The summed E-state index contributed by atoms with van der Waals surface area (Å²) in [6.45, 7) is 0. The molecule has 13 heteroatoms. The highest BCUT2D eigenvalue weighted by molar-refractivity contribution is 7.35. The number of rotatable bonds is 3. The van der Waals surface area contributed by atoms with Gasteiger partial charge in [-0.25, -0.2) is 0 Å². The number of hydrogen-bond donors (Lipinski definition) is 0. The molecule has 0 radical (unpaired) electrons. The molecule has 0 fully saturated rings. The Labute approximate surface area is 156 Å². The summed E-state index contributed by atoms with van der Waals surface area (Å²) in [5, 5.41) is 30.7. The molecule has 134 valence electrons. The normalized spacial score (nSPS) is 10.0. The van der Waals surface area contributed by atoms with Crippen LogP contribution in [0.5, 0.6) is 0 Å². The lowest BCUT2D eigenvalue weighted by molar-refractivity contribution is -0.393. The number of nitro groups is 3. The maximum Gasteiger partial charge on any atom is 0.294 e. The van der Waals surface area contributed by atoms with Crippen molar-refractivity contribution in [1.29, 1.82) is 0 Å². The van der Waals surface area contributed by atoms with E-state index in [2.05, 4.69) is 0 Å². The molecule has 3 rings (SSSR count). The maximum atomic E-state index is 11.0. The Balaban J connectivity index is 0.000000187. The van der Waals surface area contributed by atoms with Crippen molar-refractivity contribution in [2.24, 2.45) is 0 Å². The van der Waals surface area contributed by atoms with Crippen LogP contribution < -0.4 is 4.06 Å². The third kappa shape index (κ3) is 4.17. The van der Waals surface area contributed by atoms with Gasteiger partial charge in [0.15, 0.2) is 5.02 Å². The number of nitro benzene ring substituents is 3. The first-order valence-corrected chi connectivity index (χ1v) is 8.47. The number of nitrogens with zero attached hydrogens (tertiary/aromatic N) is 3. The molecule has 0 aliphatic rings. The molecular weight excluding hydrogens is 410 g/mol. The van der Waals surface area contributed by atoms with E-state index in [-0.39, 0.29) is 9.74 Å². The van der Waals surface area contributed by atoms with Crippen LogP contribution in [0, 0.1) is 30.3 Å². The van der Waals surface area contributed by atoms with Crippen molar-refractivity contribution in [3.8, 4) is 0 Å². The topological polar surface area (TPSA) is 146 Å². The van der Waals surface area contributed by atoms with Crippen LogP contribution in [-0.2, 0) is 0 Å². The monoisotopic (exact) mass is 415 g/mol. The second-order valence-corrected chi connectivity index (χ2v) is 7.07. The summed E-state index contributed by atoms with van der Waals surface area (Å²) in [6.07, 6.45) is 0. The van der Waals surface area contributed by atoms with E-state index in [1.165, 1.54) is 12.1 Å². The summed E-state index contributed by atoms with van der Waals surface area (Å²) >= 11 is 7.39. The van der Waals surface area contributed by atoms with Crippen LogP contribution in [0.4, 0.5) is 17.1 Å². The molecule has 10 nitrogen and oxygen atoms in total. The van der Waals surface area contributed by atoms with Crippen molar-refractivity contribution in [3.05, 3.63) is 80.6 Å². The Morgan fingerprint density at radius 2 is 1.23 bits per heavy atom. The number of halogens is 1. The van der Waals surface area contributed by atoms with Crippen LogP contribution in [0.15, 0.2) is 41.2 Å². The minimum Gasteiger partial charge on any atom is -0.265 e. The fourth-order valence-corrected chi connectivity index (χ4v) is 4.12. The highest BCUT2D eigenvalue weighted by Crippen LogP contribution is 2.32. The van der Waals surface area contributed by atoms with Gasteiger partial charge < -0.3 is 0 Å². The van der Waals surface area contributed by atoms with Gasteiger partial charge in [-0.1, -0.05) is 40.3 Å². The van der Waals surface area contributed by atoms with Crippen LogP contribution in [0.1, 0.15) is 0 Å². The van der Waals surface area contributed by atoms with Gasteiger partial charge in [0.25, 0.3) is 21.1 Å². The van der Waals surface area contributed by atoms with Crippen molar-refractivity contribution in [2.45, 2.75) is 0 Å². The third-order valence-electron chi connectivity index (χ3n) is 2.88. The molecule has 0 saturated heterocycles. The third-order valence-corrected chi connectivity index (χ3v) is 5.43. The second-order valence-electron chi connectivity index (χ2n) is 4.44. The highest BCUT2D eigenvalue weighted by atomic mass is 35.5. The van der Waals surface area contributed by atoms with Gasteiger partial charge in [-0.2, -0.15) is 0 Å². The first-order chi connectivity index (χ1) is 12.2. The van der Waals surface area contributed by atoms with Crippen molar-refractivity contribution in [1.82, 2.24) is 0 Å². The highest BCUT2D eigenvalue weighted by Gasteiger charge is 2.22. The van der Waals surface area contributed by atoms with Gasteiger partial charge in [0.05, 0.1) is 19.5 Å². The Kier molecular flexibility index (Phi) is 5.92. The van der Waals surface area contributed by atoms with Crippen LogP contribution in [-0.4, -0.2) is 14.8 Å². The average Bonchev–Trinajstić information content (AvgIpc) is 2.94. The number of non-ortho nitro benzene ring substituents is 1. The van der Waals surface area contributed by atoms with E-state index < -0.39 is 31.2 Å². The zero-order valence-corrected chi connectivity index (χ0v) is 14.7. The van der Waals surface area contributed by atoms with Crippen LogP contribution in [0.3, 0.4) is 0 Å². The molecule has 0 amide bonds. The van der Waals surface area contributed by atoms with E-state index in [1.54, 1.807) is 12.1 Å². The summed E-state index contributed by atoms with van der Waals surface area (Å²) in [6, 6.07) is 8.13. The number of benzene rings is 2. The standard InChI is InChI=1S/C7H3NO3S2.C6H3ClN2O4/c9-7-12-5-3-1-2-4(8(10)11)6(5)13-7;7-6-4(8(10)11)2-1-3-5(6)9(12)13/h2*1-3H. The van der Waals surface area contributed by atoms with Gasteiger partial charge in [-0.15, -0.1) is 0 Å². The lowest BCUT2D eigenvalue weighted by atomic mass is 10.3. The number of fused-ring (bicyclic) bond motifs is 1. The zero-order valence-electron chi connectivity index (χ0n) is 12.4. The van der Waals surface area contributed by atoms with E-state index in [4.69, 9.17) is 11.6 Å². The van der Waals surface area contributed by atoms with E-state index in [9.17, 15) is 35.1 Å². The second kappa shape index (κ2) is 7.95. The molecule has 0 spiro atoms. The molecule has 0 saturated carbocycles. The predicted molar refractivity (Wildman–Crippen MR) is 97.4 cm³/mol. The first kappa shape index (κ1) is 19.4. The zero-order chi connectivity index (χ0) is 19.4. The van der Waals surface area contributed by atoms with Gasteiger partial charge in [0.2, 0.25) is 0 Å². The fourth-order valence-electron chi connectivity index (χ4n) is 1.81. The minimum absolute atomic E-state index is 0.0147. The van der Waals surface area contributed by atoms with Crippen LogP contribution >= 0.6 is 34.3 Å². The van der Waals surface area contributed by atoms with Gasteiger partial charge in [-0.05, 0) is 12.1 Å². The fraction of sp³-hybridized carbons (Fsp3) is 0. The van der Waals surface area contributed by atoms with Gasteiger partial charge >= 0.3 is 0 Å². The van der Waals surface area contributed by atoms with Crippen LogP contribution in [0.2, 0.25) is 5.02 Å². The van der Waals surface area contributed by atoms with E-state index >= 15 is 0 Å². The van der Waals surface area contributed by atoms with E-state index in [0.29, 0.717) is 9.40 Å². The summed E-state index contributed by atoms with van der Waals surface area (Å²) < 4.78 is 1.05. The van der Waals surface area contributed by atoms with Gasteiger partial charge in [-0.3, -0.25) is 35.1 Å². The molecular formula is C13H6ClN3O7S2.